The molecule has 0 radical (unpaired) electrons. The SMILES string of the molecule is C=C.C=C/C=C1\CN(C)C(C(/C=C)=C/C=C)=N1.CC. The zero-order valence-electron chi connectivity index (χ0n) is 12.5. The average molecular weight is 258 g/mol. The van der Waals surface area contributed by atoms with E-state index in [4.69, 9.17) is 0 Å². The van der Waals surface area contributed by atoms with Crippen molar-refractivity contribution in [3.8, 4) is 0 Å². The first-order chi connectivity index (χ1) is 9.22. The summed E-state index contributed by atoms with van der Waals surface area (Å²) in [5.41, 5.74) is 2.00. The summed E-state index contributed by atoms with van der Waals surface area (Å²) in [7, 11) is 2.00. The van der Waals surface area contributed by atoms with Crippen molar-refractivity contribution in [2.45, 2.75) is 13.8 Å². The van der Waals surface area contributed by atoms with Gasteiger partial charge in [-0.2, -0.15) is 0 Å². The van der Waals surface area contributed by atoms with E-state index in [9.17, 15) is 0 Å². The van der Waals surface area contributed by atoms with E-state index in [1.54, 1.807) is 18.2 Å². The maximum absolute atomic E-state index is 4.49. The second-order valence-corrected chi connectivity index (χ2v) is 3.25. The molecule has 0 aromatic heterocycles. The summed E-state index contributed by atoms with van der Waals surface area (Å²) in [4.78, 5) is 6.57. The lowest BCUT2D eigenvalue weighted by molar-refractivity contribution is 0.578. The lowest BCUT2D eigenvalue weighted by atomic mass is 10.2. The number of hydrogen-bond acceptors (Lipinski definition) is 2. The molecule has 0 atom stereocenters. The third-order valence-corrected chi connectivity index (χ3v) is 2.10. The van der Waals surface area contributed by atoms with E-state index in [0.717, 1.165) is 23.7 Å². The molecule has 0 aliphatic carbocycles. The van der Waals surface area contributed by atoms with Crippen LogP contribution in [0.5, 0.6) is 0 Å². The fourth-order valence-electron chi connectivity index (χ4n) is 1.45. The van der Waals surface area contributed by atoms with E-state index < -0.39 is 0 Å². The minimum absolute atomic E-state index is 0.809. The van der Waals surface area contributed by atoms with E-state index in [1.165, 1.54) is 0 Å². The quantitative estimate of drug-likeness (QED) is 0.534. The molecule has 1 heterocycles. The summed E-state index contributed by atoms with van der Waals surface area (Å²) < 4.78 is 0. The number of rotatable bonds is 4. The summed E-state index contributed by atoms with van der Waals surface area (Å²) in [6.07, 6.45) is 9.09. The number of allylic oxidation sites excluding steroid dienone is 4. The van der Waals surface area contributed by atoms with E-state index in [0.29, 0.717) is 0 Å². The highest BCUT2D eigenvalue weighted by Gasteiger charge is 2.17. The fraction of sp³-hybridized carbons (Fsp3) is 0.235. The molecule has 0 bridgehead atoms. The van der Waals surface area contributed by atoms with Gasteiger partial charge in [0.25, 0.3) is 0 Å². The van der Waals surface area contributed by atoms with Crippen molar-refractivity contribution in [1.29, 1.82) is 0 Å². The van der Waals surface area contributed by atoms with Gasteiger partial charge >= 0.3 is 0 Å². The van der Waals surface area contributed by atoms with Crippen LogP contribution in [-0.4, -0.2) is 24.3 Å². The Labute approximate surface area is 118 Å². The van der Waals surface area contributed by atoms with Crippen LogP contribution in [0, 0.1) is 0 Å². The topological polar surface area (TPSA) is 15.6 Å². The van der Waals surface area contributed by atoms with Gasteiger partial charge < -0.3 is 4.90 Å². The summed E-state index contributed by atoms with van der Waals surface area (Å²) in [5.74, 6) is 0.929. The molecule has 0 fully saturated rings. The summed E-state index contributed by atoms with van der Waals surface area (Å²) in [5, 5.41) is 0. The van der Waals surface area contributed by atoms with Crippen molar-refractivity contribution in [2.24, 2.45) is 4.99 Å². The van der Waals surface area contributed by atoms with Gasteiger partial charge in [-0.05, 0) is 6.08 Å². The van der Waals surface area contributed by atoms with Gasteiger partial charge in [0.05, 0.1) is 12.2 Å². The molecule has 0 spiro atoms. The van der Waals surface area contributed by atoms with Gasteiger partial charge in [0.15, 0.2) is 0 Å². The predicted molar refractivity (Wildman–Crippen MR) is 89.4 cm³/mol. The summed E-state index contributed by atoms with van der Waals surface area (Å²) in [6, 6.07) is 0. The minimum Gasteiger partial charge on any atom is -0.353 e. The van der Waals surface area contributed by atoms with E-state index in [2.05, 4.69) is 42.8 Å². The Bertz CT molecular complexity index is 384. The number of hydrogen-bond donors (Lipinski definition) is 0. The van der Waals surface area contributed by atoms with E-state index >= 15 is 0 Å². The highest BCUT2D eigenvalue weighted by atomic mass is 15.2. The molecule has 0 aromatic carbocycles. The lowest BCUT2D eigenvalue weighted by Gasteiger charge is -2.13. The van der Waals surface area contributed by atoms with Crippen LogP contribution >= 0.6 is 0 Å². The molecule has 2 nitrogen and oxygen atoms in total. The second-order valence-electron chi connectivity index (χ2n) is 3.25. The molecule has 0 N–H and O–H groups in total. The largest absolute Gasteiger partial charge is 0.353 e. The van der Waals surface area contributed by atoms with Gasteiger partial charge in [-0.25, -0.2) is 4.99 Å². The molecule has 104 valence electrons. The first kappa shape index (κ1) is 19.3. The van der Waals surface area contributed by atoms with Crippen LogP contribution in [0.4, 0.5) is 0 Å². The molecule has 0 aromatic rings. The number of nitrogens with zero attached hydrogens (tertiary/aromatic N) is 2. The third kappa shape index (κ3) is 6.41. The molecule has 1 aliphatic rings. The predicted octanol–water partition coefficient (Wildman–Crippen LogP) is 4.53. The van der Waals surface area contributed by atoms with Crippen LogP contribution in [0.25, 0.3) is 0 Å². The van der Waals surface area contributed by atoms with Crippen molar-refractivity contribution < 1.29 is 0 Å². The number of aliphatic imine (C=N–C) groups is 1. The Kier molecular flexibility index (Phi) is 12.5. The molecule has 2 heteroatoms. The Morgan fingerprint density at radius 2 is 1.74 bits per heavy atom. The molecular formula is C17H26N2. The highest BCUT2D eigenvalue weighted by molar-refractivity contribution is 6.02. The Balaban J connectivity index is 0. The fourth-order valence-corrected chi connectivity index (χ4v) is 1.45. The minimum atomic E-state index is 0.809. The smallest absolute Gasteiger partial charge is 0.136 e. The van der Waals surface area contributed by atoms with Gasteiger partial charge in [0.1, 0.15) is 5.84 Å². The summed E-state index contributed by atoms with van der Waals surface area (Å²) >= 11 is 0. The Morgan fingerprint density at radius 3 is 2.16 bits per heavy atom. The summed E-state index contributed by atoms with van der Waals surface area (Å²) in [6.45, 7) is 21.9. The van der Waals surface area contributed by atoms with Crippen LogP contribution in [0.15, 0.2) is 79.5 Å². The van der Waals surface area contributed by atoms with Gasteiger partial charge in [0.2, 0.25) is 0 Å². The van der Waals surface area contributed by atoms with Crippen LogP contribution in [0.3, 0.4) is 0 Å². The van der Waals surface area contributed by atoms with Crippen LogP contribution in [0.1, 0.15) is 13.8 Å². The molecule has 1 rings (SSSR count). The van der Waals surface area contributed by atoms with Gasteiger partial charge in [-0.1, -0.05) is 57.9 Å². The third-order valence-electron chi connectivity index (χ3n) is 2.10. The zero-order valence-corrected chi connectivity index (χ0v) is 12.5. The molecule has 0 amide bonds. The van der Waals surface area contributed by atoms with E-state index in [1.807, 2.05) is 33.0 Å². The Morgan fingerprint density at radius 1 is 1.16 bits per heavy atom. The average Bonchev–Trinajstić information content (AvgIpc) is 2.82. The second kappa shape index (κ2) is 12.4. The first-order valence-corrected chi connectivity index (χ1v) is 6.30. The van der Waals surface area contributed by atoms with E-state index in [-0.39, 0.29) is 0 Å². The zero-order chi connectivity index (χ0) is 15.3. The molecule has 0 unspecified atom stereocenters. The molecule has 0 saturated carbocycles. The van der Waals surface area contributed by atoms with Gasteiger partial charge in [-0.3, -0.25) is 0 Å². The molecule has 1 aliphatic heterocycles. The molecular weight excluding hydrogens is 232 g/mol. The van der Waals surface area contributed by atoms with Gasteiger partial charge in [0, 0.05) is 12.6 Å². The standard InChI is InChI=1S/C13H16N2.C2H6.C2H4/c1-5-8-11(7-3)13-14-12(9-6-2)10-15(13)4;2*1-2/h5-9H,1-3,10H2,4H3;1-2H3;1-2H2/b11-8+,12-9+;;. The van der Waals surface area contributed by atoms with Crippen molar-refractivity contribution in [3.63, 3.8) is 0 Å². The van der Waals surface area contributed by atoms with Crippen LogP contribution in [-0.2, 0) is 0 Å². The maximum Gasteiger partial charge on any atom is 0.136 e. The highest BCUT2D eigenvalue weighted by Crippen LogP contribution is 2.16. The molecule has 19 heavy (non-hydrogen) atoms. The van der Waals surface area contributed by atoms with Crippen molar-refractivity contribution >= 4 is 5.84 Å². The number of amidine groups is 1. The van der Waals surface area contributed by atoms with Crippen molar-refractivity contribution in [1.82, 2.24) is 4.90 Å². The number of likely N-dealkylation sites (N-methyl/N-ethyl adjacent to an activating group) is 1. The first-order valence-electron chi connectivity index (χ1n) is 6.30. The normalized spacial score (nSPS) is 15.5. The van der Waals surface area contributed by atoms with Gasteiger partial charge in [-0.15, -0.1) is 13.2 Å². The lowest BCUT2D eigenvalue weighted by Crippen LogP contribution is -2.23. The molecule has 0 saturated heterocycles. The van der Waals surface area contributed by atoms with Crippen molar-refractivity contribution in [2.75, 3.05) is 13.6 Å². The monoisotopic (exact) mass is 258 g/mol. The van der Waals surface area contributed by atoms with Crippen molar-refractivity contribution in [3.05, 3.63) is 74.5 Å². The maximum atomic E-state index is 4.49. The Hall–Kier alpha value is -2.09. The van der Waals surface area contributed by atoms with Crippen LogP contribution < -0.4 is 0 Å². The van der Waals surface area contributed by atoms with Crippen LogP contribution in [0.2, 0.25) is 0 Å².